The third-order valence-corrected chi connectivity index (χ3v) is 2.58. The summed E-state index contributed by atoms with van der Waals surface area (Å²) in [4.78, 5) is 10.5. The minimum atomic E-state index is -1.000. The molecule has 0 saturated heterocycles. The first-order valence-corrected chi connectivity index (χ1v) is 5.32. The molecule has 0 fully saturated rings. The molecule has 0 unspecified atom stereocenters. The fraction of sp³-hybridized carbons (Fsp3) is 0.182. The molecule has 0 aliphatic rings. The van der Waals surface area contributed by atoms with Gasteiger partial charge in [-0.15, -0.1) is 0 Å². The van der Waals surface area contributed by atoms with Crippen LogP contribution in [0.1, 0.15) is 0 Å². The van der Waals surface area contributed by atoms with Gasteiger partial charge in [0.25, 0.3) is 0 Å². The standard InChI is InChI=1S/C11H12BrNO3/c1-7(11(14)15)6-13-8-3-4-10(16-2)9(12)5-8/h3-5,13H,1,6H2,2H3,(H,14,15). The van der Waals surface area contributed by atoms with Crippen molar-refractivity contribution in [3.63, 3.8) is 0 Å². The number of hydrogen-bond acceptors (Lipinski definition) is 3. The predicted octanol–water partition coefficient (Wildman–Crippen LogP) is 2.51. The Kier molecular flexibility index (Phi) is 4.37. The van der Waals surface area contributed by atoms with Crippen molar-refractivity contribution in [3.05, 3.63) is 34.8 Å². The molecule has 0 aromatic heterocycles. The van der Waals surface area contributed by atoms with Gasteiger partial charge < -0.3 is 15.2 Å². The first kappa shape index (κ1) is 12.6. The number of ether oxygens (including phenoxy) is 1. The van der Waals surface area contributed by atoms with Crippen molar-refractivity contribution in [2.45, 2.75) is 0 Å². The van der Waals surface area contributed by atoms with Crippen LogP contribution in [-0.4, -0.2) is 24.7 Å². The summed E-state index contributed by atoms with van der Waals surface area (Å²) >= 11 is 3.34. The molecular weight excluding hydrogens is 274 g/mol. The maximum Gasteiger partial charge on any atom is 0.332 e. The van der Waals surface area contributed by atoms with Gasteiger partial charge in [-0.25, -0.2) is 4.79 Å². The molecule has 0 radical (unpaired) electrons. The molecule has 0 aliphatic heterocycles. The van der Waals surface area contributed by atoms with Gasteiger partial charge in [0.2, 0.25) is 0 Å². The van der Waals surface area contributed by atoms with Gasteiger partial charge in [0, 0.05) is 17.8 Å². The topological polar surface area (TPSA) is 58.6 Å². The second kappa shape index (κ2) is 5.55. The van der Waals surface area contributed by atoms with E-state index in [1.54, 1.807) is 19.2 Å². The van der Waals surface area contributed by atoms with E-state index in [0.29, 0.717) is 0 Å². The molecule has 0 spiro atoms. The molecule has 2 N–H and O–H groups in total. The van der Waals surface area contributed by atoms with E-state index in [1.807, 2.05) is 6.07 Å². The molecule has 0 amide bonds. The minimum absolute atomic E-state index is 0.118. The van der Waals surface area contributed by atoms with Gasteiger partial charge >= 0.3 is 5.97 Å². The van der Waals surface area contributed by atoms with Crippen LogP contribution in [0.4, 0.5) is 5.69 Å². The molecular formula is C11H12BrNO3. The van der Waals surface area contributed by atoms with Crippen molar-refractivity contribution in [2.75, 3.05) is 19.0 Å². The zero-order chi connectivity index (χ0) is 12.1. The van der Waals surface area contributed by atoms with Crippen LogP contribution in [-0.2, 0) is 4.79 Å². The van der Waals surface area contributed by atoms with Crippen LogP contribution in [0.25, 0.3) is 0 Å². The Morgan fingerprint density at radius 3 is 2.81 bits per heavy atom. The highest BCUT2D eigenvalue weighted by atomic mass is 79.9. The summed E-state index contributed by atoms with van der Waals surface area (Å²) in [6.45, 7) is 3.63. The van der Waals surface area contributed by atoms with Crippen LogP contribution in [0, 0.1) is 0 Å². The van der Waals surface area contributed by atoms with E-state index in [0.717, 1.165) is 15.9 Å². The lowest BCUT2D eigenvalue weighted by Gasteiger charge is -2.08. The molecule has 0 bridgehead atoms. The van der Waals surface area contributed by atoms with Crippen LogP contribution in [0.2, 0.25) is 0 Å². The quantitative estimate of drug-likeness (QED) is 0.817. The zero-order valence-electron chi connectivity index (χ0n) is 8.79. The number of aliphatic carboxylic acids is 1. The van der Waals surface area contributed by atoms with Gasteiger partial charge in [0.05, 0.1) is 11.6 Å². The second-order valence-corrected chi connectivity index (χ2v) is 3.97. The number of methoxy groups -OCH3 is 1. The van der Waals surface area contributed by atoms with Crippen molar-refractivity contribution in [3.8, 4) is 5.75 Å². The van der Waals surface area contributed by atoms with Crippen LogP contribution >= 0.6 is 15.9 Å². The molecule has 0 atom stereocenters. The lowest BCUT2D eigenvalue weighted by atomic mass is 10.2. The summed E-state index contributed by atoms with van der Waals surface area (Å²) in [5.74, 6) is -0.275. The smallest absolute Gasteiger partial charge is 0.332 e. The van der Waals surface area contributed by atoms with E-state index in [1.165, 1.54) is 0 Å². The normalized spacial score (nSPS) is 9.62. The van der Waals surface area contributed by atoms with Crippen LogP contribution < -0.4 is 10.1 Å². The number of rotatable bonds is 5. The maximum absolute atomic E-state index is 10.5. The van der Waals surface area contributed by atoms with E-state index in [-0.39, 0.29) is 12.1 Å². The van der Waals surface area contributed by atoms with Crippen molar-refractivity contribution in [1.82, 2.24) is 0 Å². The SMILES string of the molecule is C=C(CNc1ccc(OC)c(Br)c1)C(=O)O. The Morgan fingerprint density at radius 1 is 1.62 bits per heavy atom. The fourth-order valence-corrected chi connectivity index (χ4v) is 1.60. The Bertz CT molecular complexity index is 418. The van der Waals surface area contributed by atoms with Gasteiger partial charge in [-0.2, -0.15) is 0 Å². The Morgan fingerprint density at radius 2 is 2.31 bits per heavy atom. The van der Waals surface area contributed by atoms with Gasteiger partial charge in [-0.1, -0.05) is 6.58 Å². The van der Waals surface area contributed by atoms with Gasteiger partial charge in [0.1, 0.15) is 5.75 Å². The Balaban J connectivity index is 2.65. The molecule has 0 heterocycles. The lowest BCUT2D eigenvalue weighted by Crippen LogP contribution is -2.11. The lowest BCUT2D eigenvalue weighted by molar-refractivity contribution is -0.132. The molecule has 1 aromatic carbocycles. The summed E-state index contributed by atoms with van der Waals surface area (Å²) in [6.07, 6.45) is 0. The molecule has 1 aromatic rings. The first-order chi connectivity index (χ1) is 7.54. The maximum atomic E-state index is 10.5. The van der Waals surface area contributed by atoms with E-state index >= 15 is 0 Å². The molecule has 5 heteroatoms. The predicted molar refractivity (Wildman–Crippen MR) is 66.0 cm³/mol. The average molecular weight is 286 g/mol. The Labute approximate surface area is 102 Å². The fourth-order valence-electron chi connectivity index (χ4n) is 1.06. The monoisotopic (exact) mass is 285 g/mol. The van der Waals surface area contributed by atoms with E-state index in [9.17, 15) is 4.79 Å². The van der Waals surface area contributed by atoms with Crippen molar-refractivity contribution >= 4 is 27.6 Å². The summed E-state index contributed by atoms with van der Waals surface area (Å²) in [5.41, 5.74) is 0.919. The van der Waals surface area contributed by atoms with E-state index in [2.05, 4.69) is 27.8 Å². The number of anilines is 1. The van der Waals surface area contributed by atoms with Crippen molar-refractivity contribution in [2.24, 2.45) is 0 Å². The minimum Gasteiger partial charge on any atom is -0.496 e. The molecule has 0 aliphatic carbocycles. The number of benzene rings is 1. The second-order valence-electron chi connectivity index (χ2n) is 3.11. The average Bonchev–Trinajstić information content (AvgIpc) is 2.25. The van der Waals surface area contributed by atoms with Gasteiger partial charge in [0.15, 0.2) is 0 Å². The summed E-state index contributed by atoms with van der Waals surface area (Å²) in [6, 6.07) is 5.41. The highest BCUT2D eigenvalue weighted by Gasteiger charge is 2.04. The van der Waals surface area contributed by atoms with E-state index in [4.69, 9.17) is 9.84 Å². The number of carbonyl (C=O) groups is 1. The summed E-state index contributed by atoms with van der Waals surface area (Å²) < 4.78 is 5.88. The van der Waals surface area contributed by atoms with Crippen molar-refractivity contribution < 1.29 is 14.6 Å². The first-order valence-electron chi connectivity index (χ1n) is 4.53. The molecule has 16 heavy (non-hydrogen) atoms. The zero-order valence-corrected chi connectivity index (χ0v) is 10.4. The van der Waals surface area contributed by atoms with Gasteiger partial charge in [-0.3, -0.25) is 0 Å². The summed E-state index contributed by atoms with van der Waals surface area (Å²) in [7, 11) is 1.58. The molecule has 86 valence electrons. The van der Waals surface area contributed by atoms with E-state index < -0.39 is 5.97 Å². The highest BCUT2D eigenvalue weighted by molar-refractivity contribution is 9.10. The van der Waals surface area contributed by atoms with Crippen LogP contribution in [0.3, 0.4) is 0 Å². The van der Waals surface area contributed by atoms with Crippen molar-refractivity contribution in [1.29, 1.82) is 0 Å². The number of nitrogens with one attached hydrogen (secondary N) is 1. The van der Waals surface area contributed by atoms with Crippen LogP contribution in [0.5, 0.6) is 5.75 Å². The largest absolute Gasteiger partial charge is 0.496 e. The molecule has 1 rings (SSSR count). The Hall–Kier alpha value is -1.49. The highest BCUT2D eigenvalue weighted by Crippen LogP contribution is 2.27. The number of carboxylic acids is 1. The number of carboxylic acid groups (broad SMARTS) is 1. The summed E-state index contributed by atoms with van der Waals surface area (Å²) in [5, 5.41) is 11.6. The molecule has 4 nitrogen and oxygen atoms in total. The third-order valence-electron chi connectivity index (χ3n) is 1.96. The van der Waals surface area contributed by atoms with Gasteiger partial charge in [-0.05, 0) is 34.1 Å². The number of hydrogen-bond donors (Lipinski definition) is 2. The third kappa shape index (κ3) is 3.27. The van der Waals surface area contributed by atoms with Crippen LogP contribution in [0.15, 0.2) is 34.8 Å². The number of halogens is 1. The molecule has 0 saturated carbocycles.